The number of benzene rings is 1. The average Bonchev–Trinajstić information content (AvgIpc) is 2.41. The molecule has 0 unspecified atom stereocenters. The molecule has 2 N–H and O–H groups in total. The van der Waals surface area contributed by atoms with Crippen LogP contribution in [0.2, 0.25) is 0 Å². The van der Waals surface area contributed by atoms with E-state index in [2.05, 4.69) is 0 Å². The number of nitrogens with two attached hydrogens (primary N) is 1. The third kappa shape index (κ3) is 4.73. The van der Waals surface area contributed by atoms with Gasteiger partial charge in [-0.15, -0.1) is 0 Å². The largest absolute Gasteiger partial charge is 0.381 e. The number of anilines is 1. The van der Waals surface area contributed by atoms with E-state index < -0.39 is 15.8 Å². The Kier molecular flexibility index (Phi) is 6.90. The Morgan fingerprint density at radius 1 is 1.35 bits per heavy atom. The summed E-state index contributed by atoms with van der Waals surface area (Å²) in [4.78, 5) is 0. The van der Waals surface area contributed by atoms with Crippen molar-refractivity contribution in [3.05, 3.63) is 30.1 Å². The monoisotopic (exact) mass is 304 g/mol. The van der Waals surface area contributed by atoms with E-state index in [0.29, 0.717) is 19.6 Å². The van der Waals surface area contributed by atoms with Gasteiger partial charge < -0.3 is 10.5 Å². The minimum atomic E-state index is -3.63. The van der Waals surface area contributed by atoms with Gasteiger partial charge in [0.1, 0.15) is 5.82 Å². The molecule has 0 saturated carbocycles. The molecule has 1 rings (SSSR count). The highest BCUT2D eigenvalue weighted by Gasteiger charge is 2.24. The van der Waals surface area contributed by atoms with Gasteiger partial charge in [0.15, 0.2) is 0 Å². The van der Waals surface area contributed by atoms with Gasteiger partial charge in [-0.25, -0.2) is 12.8 Å². The Bertz CT molecular complexity index is 508. The summed E-state index contributed by atoms with van der Waals surface area (Å²) in [7, 11) is -3.63. The van der Waals surface area contributed by atoms with Gasteiger partial charge in [0.2, 0.25) is 10.0 Å². The van der Waals surface area contributed by atoms with E-state index in [1.807, 2.05) is 0 Å². The van der Waals surface area contributed by atoms with Crippen LogP contribution in [-0.2, 0) is 14.8 Å². The molecule has 0 aliphatic heterocycles. The number of hydrogen-bond acceptors (Lipinski definition) is 4. The maximum Gasteiger partial charge on any atom is 0.237 e. The number of hydrogen-bond donors (Lipinski definition) is 1. The van der Waals surface area contributed by atoms with Crippen LogP contribution in [0.5, 0.6) is 0 Å². The standard InChI is InChI=1S/C13H21FN2O3S/c1-2-19-10-11-20(17,18)16(9-5-8-15)13-7-4-3-6-12(13)14/h3-4,6-7H,2,5,8-11,15H2,1H3. The lowest BCUT2D eigenvalue weighted by Crippen LogP contribution is -2.36. The third-order valence-corrected chi connectivity index (χ3v) is 4.45. The van der Waals surface area contributed by atoms with E-state index in [4.69, 9.17) is 10.5 Å². The highest BCUT2D eigenvalue weighted by atomic mass is 32.2. The van der Waals surface area contributed by atoms with Crippen molar-refractivity contribution >= 4 is 15.7 Å². The number of nitrogens with zero attached hydrogens (tertiary/aromatic N) is 1. The summed E-state index contributed by atoms with van der Waals surface area (Å²) in [5.41, 5.74) is 5.47. The Morgan fingerprint density at radius 3 is 2.65 bits per heavy atom. The summed E-state index contributed by atoms with van der Waals surface area (Å²) in [6.07, 6.45) is 0.461. The molecule has 0 amide bonds. The van der Waals surface area contributed by atoms with Crippen molar-refractivity contribution in [2.75, 3.05) is 36.4 Å². The van der Waals surface area contributed by atoms with Crippen LogP contribution < -0.4 is 10.0 Å². The normalized spacial score (nSPS) is 11.6. The molecule has 0 fully saturated rings. The minimum absolute atomic E-state index is 0.0532. The molecule has 0 aliphatic carbocycles. The smallest absolute Gasteiger partial charge is 0.237 e. The van der Waals surface area contributed by atoms with Gasteiger partial charge in [0.25, 0.3) is 0 Å². The molecule has 0 heterocycles. The molecule has 0 aromatic heterocycles. The van der Waals surface area contributed by atoms with Crippen molar-refractivity contribution in [1.82, 2.24) is 0 Å². The number of halogens is 1. The zero-order valence-electron chi connectivity index (χ0n) is 11.6. The van der Waals surface area contributed by atoms with Gasteiger partial charge in [-0.3, -0.25) is 4.31 Å². The van der Waals surface area contributed by atoms with Crippen LogP contribution in [0.3, 0.4) is 0 Å². The van der Waals surface area contributed by atoms with Crippen LogP contribution in [0, 0.1) is 5.82 Å². The molecule has 0 spiro atoms. The lowest BCUT2D eigenvalue weighted by molar-refractivity contribution is 0.163. The minimum Gasteiger partial charge on any atom is -0.381 e. The first kappa shape index (κ1) is 16.9. The van der Waals surface area contributed by atoms with Crippen molar-refractivity contribution < 1.29 is 17.5 Å². The van der Waals surface area contributed by atoms with Gasteiger partial charge in [0.05, 0.1) is 18.0 Å². The van der Waals surface area contributed by atoms with E-state index >= 15 is 0 Å². The van der Waals surface area contributed by atoms with Gasteiger partial charge in [-0.1, -0.05) is 12.1 Å². The number of para-hydroxylation sites is 1. The molecule has 20 heavy (non-hydrogen) atoms. The fourth-order valence-corrected chi connectivity index (χ4v) is 3.12. The van der Waals surface area contributed by atoms with E-state index in [0.717, 1.165) is 4.31 Å². The van der Waals surface area contributed by atoms with Crippen LogP contribution in [0.25, 0.3) is 0 Å². The van der Waals surface area contributed by atoms with E-state index in [-0.39, 0.29) is 24.6 Å². The first-order valence-corrected chi connectivity index (χ1v) is 8.16. The Balaban J connectivity index is 2.97. The van der Waals surface area contributed by atoms with Crippen molar-refractivity contribution in [2.24, 2.45) is 5.73 Å². The maximum absolute atomic E-state index is 13.8. The second kappa shape index (κ2) is 8.18. The van der Waals surface area contributed by atoms with Gasteiger partial charge in [-0.05, 0) is 32.0 Å². The predicted molar refractivity (Wildman–Crippen MR) is 77.7 cm³/mol. The van der Waals surface area contributed by atoms with E-state index in [1.165, 1.54) is 18.2 Å². The maximum atomic E-state index is 13.8. The molecule has 1 aromatic rings. The molecule has 5 nitrogen and oxygen atoms in total. The molecule has 0 aliphatic rings. The fraction of sp³-hybridized carbons (Fsp3) is 0.538. The lowest BCUT2D eigenvalue weighted by atomic mass is 10.3. The summed E-state index contributed by atoms with van der Waals surface area (Å²) in [6, 6.07) is 5.81. The Morgan fingerprint density at radius 2 is 2.05 bits per heavy atom. The molecular formula is C13H21FN2O3S. The van der Waals surface area contributed by atoms with Crippen molar-refractivity contribution in [2.45, 2.75) is 13.3 Å². The highest BCUT2D eigenvalue weighted by Crippen LogP contribution is 2.22. The molecule has 7 heteroatoms. The van der Waals surface area contributed by atoms with Crippen molar-refractivity contribution in [1.29, 1.82) is 0 Å². The summed E-state index contributed by atoms with van der Waals surface area (Å²) in [5, 5.41) is 0. The molecular weight excluding hydrogens is 283 g/mol. The zero-order valence-corrected chi connectivity index (χ0v) is 12.4. The number of ether oxygens (including phenoxy) is 1. The third-order valence-electron chi connectivity index (χ3n) is 2.71. The van der Waals surface area contributed by atoms with Crippen LogP contribution in [0.4, 0.5) is 10.1 Å². The van der Waals surface area contributed by atoms with Crippen LogP contribution in [0.1, 0.15) is 13.3 Å². The van der Waals surface area contributed by atoms with Crippen molar-refractivity contribution in [3.63, 3.8) is 0 Å². The van der Waals surface area contributed by atoms with Crippen LogP contribution >= 0.6 is 0 Å². The summed E-state index contributed by atoms with van der Waals surface area (Å²) in [5.74, 6) is -0.746. The van der Waals surface area contributed by atoms with E-state index in [1.54, 1.807) is 13.0 Å². The second-order valence-corrected chi connectivity index (χ2v) is 6.19. The molecule has 1 aromatic carbocycles. The first-order valence-electron chi connectivity index (χ1n) is 6.55. The topological polar surface area (TPSA) is 72.6 Å². The van der Waals surface area contributed by atoms with Crippen LogP contribution in [0.15, 0.2) is 24.3 Å². The average molecular weight is 304 g/mol. The molecule has 0 atom stereocenters. The summed E-state index contributed by atoms with van der Waals surface area (Å²) in [6.45, 7) is 2.82. The summed E-state index contributed by atoms with van der Waals surface area (Å²) < 4.78 is 44.6. The lowest BCUT2D eigenvalue weighted by Gasteiger charge is -2.24. The van der Waals surface area contributed by atoms with Crippen LogP contribution in [-0.4, -0.2) is 40.5 Å². The predicted octanol–water partition coefficient (Wildman–Crippen LogP) is 1.35. The zero-order chi connectivity index (χ0) is 15.0. The molecule has 114 valence electrons. The number of sulfonamides is 1. The summed E-state index contributed by atoms with van der Waals surface area (Å²) >= 11 is 0. The fourth-order valence-electron chi connectivity index (χ4n) is 1.72. The van der Waals surface area contributed by atoms with Gasteiger partial charge >= 0.3 is 0 Å². The van der Waals surface area contributed by atoms with Gasteiger partial charge in [0, 0.05) is 13.2 Å². The SMILES string of the molecule is CCOCCS(=O)(=O)N(CCCN)c1ccccc1F. The second-order valence-electron chi connectivity index (χ2n) is 4.18. The van der Waals surface area contributed by atoms with Gasteiger partial charge in [-0.2, -0.15) is 0 Å². The van der Waals surface area contributed by atoms with E-state index in [9.17, 15) is 12.8 Å². The quantitative estimate of drug-likeness (QED) is 0.699. The highest BCUT2D eigenvalue weighted by molar-refractivity contribution is 7.92. The number of rotatable bonds is 9. The Labute approximate surface area is 119 Å². The Hall–Kier alpha value is -1.18. The molecule has 0 radical (unpaired) electrons. The molecule has 0 bridgehead atoms. The first-order chi connectivity index (χ1) is 9.53. The molecule has 0 saturated heterocycles. The van der Waals surface area contributed by atoms with Crippen molar-refractivity contribution in [3.8, 4) is 0 Å².